The van der Waals surface area contributed by atoms with Crippen LogP contribution >= 0.6 is 0 Å². The molecule has 0 bridgehead atoms. The Labute approximate surface area is 94.9 Å². The summed E-state index contributed by atoms with van der Waals surface area (Å²) in [5, 5.41) is 0. The molecule has 0 saturated carbocycles. The number of furan rings is 1. The molecule has 0 spiro atoms. The van der Waals surface area contributed by atoms with Gasteiger partial charge in [0, 0.05) is 5.56 Å². The molecule has 0 atom stereocenters. The van der Waals surface area contributed by atoms with Gasteiger partial charge in [0.2, 0.25) is 0 Å². The normalized spacial score (nSPS) is 10.4. The second-order valence-electron chi connectivity index (χ2n) is 4.07. The first-order chi connectivity index (χ1) is 7.58. The second-order valence-corrected chi connectivity index (χ2v) is 4.07. The van der Waals surface area contributed by atoms with Crippen molar-refractivity contribution in [3.8, 4) is 0 Å². The van der Waals surface area contributed by atoms with Gasteiger partial charge in [-0.15, -0.1) is 0 Å². The van der Waals surface area contributed by atoms with Crippen LogP contribution in [0.2, 0.25) is 0 Å². The Kier molecular flexibility index (Phi) is 2.65. The van der Waals surface area contributed by atoms with Crippen LogP contribution in [0, 0.1) is 20.8 Å². The number of carbonyl (C=O) groups is 1. The third-order valence-corrected chi connectivity index (χ3v) is 2.76. The number of ketones is 1. The van der Waals surface area contributed by atoms with E-state index in [1.54, 1.807) is 6.07 Å². The molecule has 82 valence electrons. The first-order valence-corrected chi connectivity index (χ1v) is 5.25. The third kappa shape index (κ3) is 1.91. The van der Waals surface area contributed by atoms with Crippen molar-refractivity contribution in [1.29, 1.82) is 0 Å². The van der Waals surface area contributed by atoms with E-state index in [4.69, 9.17) is 4.42 Å². The van der Waals surface area contributed by atoms with E-state index >= 15 is 0 Å². The second kappa shape index (κ2) is 3.97. The van der Waals surface area contributed by atoms with Crippen LogP contribution in [0.3, 0.4) is 0 Å². The molecule has 0 unspecified atom stereocenters. The zero-order chi connectivity index (χ0) is 11.7. The van der Waals surface area contributed by atoms with E-state index in [1.807, 2.05) is 39.0 Å². The molecular formula is C14H14O2. The van der Waals surface area contributed by atoms with E-state index in [0.29, 0.717) is 11.1 Å². The van der Waals surface area contributed by atoms with E-state index in [9.17, 15) is 4.79 Å². The van der Waals surface area contributed by atoms with Gasteiger partial charge in [0.15, 0.2) is 5.78 Å². The van der Waals surface area contributed by atoms with Crippen molar-refractivity contribution in [2.75, 3.05) is 0 Å². The van der Waals surface area contributed by atoms with Crippen molar-refractivity contribution in [2.45, 2.75) is 20.8 Å². The summed E-state index contributed by atoms with van der Waals surface area (Å²) in [5.74, 6) is 0.770. The molecule has 0 aliphatic heterocycles. The lowest BCUT2D eigenvalue weighted by Gasteiger charge is -2.02. The maximum atomic E-state index is 12.1. The van der Waals surface area contributed by atoms with E-state index in [2.05, 4.69) is 0 Å². The number of carbonyl (C=O) groups excluding carboxylic acids is 1. The summed E-state index contributed by atoms with van der Waals surface area (Å²) >= 11 is 0. The van der Waals surface area contributed by atoms with Gasteiger partial charge >= 0.3 is 0 Å². The van der Waals surface area contributed by atoms with Gasteiger partial charge in [-0.1, -0.05) is 12.1 Å². The first-order valence-electron chi connectivity index (χ1n) is 5.25. The molecular weight excluding hydrogens is 200 g/mol. The van der Waals surface area contributed by atoms with Crippen LogP contribution in [0.15, 0.2) is 34.9 Å². The fourth-order valence-electron chi connectivity index (χ4n) is 1.61. The molecule has 0 amide bonds. The monoisotopic (exact) mass is 214 g/mol. The van der Waals surface area contributed by atoms with Crippen LogP contribution in [-0.2, 0) is 0 Å². The molecule has 1 heterocycles. The smallest absolute Gasteiger partial charge is 0.196 e. The summed E-state index contributed by atoms with van der Waals surface area (Å²) in [7, 11) is 0. The van der Waals surface area contributed by atoms with Crippen molar-refractivity contribution in [1.82, 2.24) is 0 Å². The Morgan fingerprint density at radius 2 is 1.75 bits per heavy atom. The summed E-state index contributed by atoms with van der Waals surface area (Å²) in [4.78, 5) is 12.1. The lowest BCUT2D eigenvalue weighted by molar-refractivity contribution is 0.103. The molecule has 1 aromatic heterocycles. The topological polar surface area (TPSA) is 30.2 Å². The number of hydrogen-bond donors (Lipinski definition) is 0. The van der Waals surface area contributed by atoms with E-state index in [1.165, 1.54) is 11.8 Å². The van der Waals surface area contributed by atoms with Crippen LogP contribution < -0.4 is 0 Å². The molecule has 2 aromatic rings. The lowest BCUT2D eigenvalue weighted by Crippen LogP contribution is -2.00. The highest BCUT2D eigenvalue weighted by atomic mass is 16.3. The van der Waals surface area contributed by atoms with Crippen LogP contribution in [0.25, 0.3) is 0 Å². The largest absolute Gasteiger partial charge is 0.469 e. The first kappa shape index (κ1) is 10.7. The summed E-state index contributed by atoms with van der Waals surface area (Å²) in [6.45, 7) is 5.87. The van der Waals surface area contributed by atoms with Crippen molar-refractivity contribution in [3.05, 3.63) is 58.5 Å². The Hall–Kier alpha value is -1.83. The van der Waals surface area contributed by atoms with Crippen LogP contribution in [0.5, 0.6) is 0 Å². The minimum absolute atomic E-state index is 0.0138. The predicted molar refractivity (Wildman–Crippen MR) is 62.8 cm³/mol. The van der Waals surface area contributed by atoms with Gasteiger partial charge < -0.3 is 4.42 Å². The summed E-state index contributed by atoms with van der Waals surface area (Å²) in [6.07, 6.45) is 1.51. The molecule has 16 heavy (non-hydrogen) atoms. The maximum absolute atomic E-state index is 12.1. The van der Waals surface area contributed by atoms with Crippen LogP contribution in [0.1, 0.15) is 32.8 Å². The lowest BCUT2D eigenvalue weighted by atomic mass is 10.0. The Balaban J connectivity index is 2.38. The van der Waals surface area contributed by atoms with Gasteiger partial charge in [0.05, 0.1) is 5.56 Å². The molecule has 0 N–H and O–H groups in total. The predicted octanol–water partition coefficient (Wildman–Crippen LogP) is 3.44. The standard InChI is InChI=1S/C14H14O2/c1-9-4-5-12(6-10(9)2)14(15)13-7-11(3)16-8-13/h4-8H,1-3H3. The fourth-order valence-corrected chi connectivity index (χ4v) is 1.61. The molecule has 2 heteroatoms. The number of hydrogen-bond acceptors (Lipinski definition) is 2. The molecule has 1 aromatic carbocycles. The highest BCUT2D eigenvalue weighted by Crippen LogP contribution is 2.16. The SMILES string of the molecule is Cc1cc(C(=O)c2ccc(C)c(C)c2)co1. The molecule has 0 aliphatic rings. The average molecular weight is 214 g/mol. The fraction of sp³-hybridized carbons (Fsp3) is 0.214. The van der Waals surface area contributed by atoms with Gasteiger partial charge in [0.1, 0.15) is 12.0 Å². The van der Waals surface area contributed by atoms with Gasteiger partial charge in [-0.05, 0) is 44.0 Å². The molecule has 0 saturated heterocycles. The molecule has 2 nitrogen and oxygen atoms in total. The van der Waals surface area contributed by atoms with Gasteiger partial charge in [-0.25, -0.2) is 0 Å². The zero-order valence-electron chi connectivity index (χ0n) is 9.70. The Morgan fingerprint density at radius 1 is 1.00 bits per heavy atom. The van der Waals surface area contributed by atoms with Crippen LogP contribution in [0.4, 0.5) is 0 Å². The van der Waals surface area contributed by atoms with Crippen LogP contribution in [-0.4, -0.2) is 5.78 Å². The Bertz CT molecular complexity index is 535. The average Bonchev–Trinajstić information content (AvgIpc) is 2.68. The summed E-state index contributed by atoms with van der Waals surface area (Å²) < 4.78 is 5.14. The zero-order valence-corrected chi connectivity index (χ0v) is 9.70. The minimum Gasteiger partial charge on any atom is -0.469 e. The van der Waals surface area contributed by atoms with Gasteiger partial charge in [-0.2, -0.15) is 0 Å². The molecule has 0 aliphatic carbocycles. The van der Waals surface area contributed by atoms with E-state index in [0.717, 1.165) is 11.3 Å². The van der Waals surface area contributed by atoms with E-state index in [-0.39, 0.29) is 5.78 Å². The Morgan fingerprint density at radius 3 is 2.31 bits per heavy atom. The highest BCUT2D eigenvalue weighted by molar-refractivity contribution is 6.09. The molecule has 0 fully saturated rings. The summed E-state index contributed by atoms with van der Waals surface area (Å²) in [6, 6.07) is 7.50. The van der Waals surface area contributed by atoms with Crippen molar-refractivity contribution >= 4 is 5.78 Å². The number of aryl methyl sites for hydroxylation is 3. The quantitative estimate of drug-likeness (QED) is 0.717. The van der Waals surface area contributed by atoms with Gasteiger partial charge in [-0.3, -0.25) is 4.79 Å². The number of rotatable bonds is 2. The van der Waals surface area contributed by atoms with E-state index < -0.39 is 0 Å². The van der Waals surface area contributed by atoms with Crippen molar-refractivity contribution in [2.24, 2.45) is 0 Å². The highest BCUT2D eigenvalue weighted by Gasteiger charge is 2.11. The maximum Gasteiger partial charge on any atom is 0.196 e. The third-order valence-electron chi connectivity index (χ3n) is 2.76. The van der Waals surface area contributed by atoms with Crippen molar-refractivity contribution in [3.63, 3.8) is 0 Å². The van der Waals surface area contributed by atoms with Gasteiger partial charge in [0.25, 0.3) is 0 Å². The molecule has 2 rings (SSSR count). The summed E-state index contributed by atoms with van der Waals surface area (Å²) in [5.41, 5.74) is 3.65. The minimum atomic E-state index is 0.0138. The number of benzene rings is 1. The molecule has 0 radical (unpaired) electrons. The van der Waals surface area contributed by atoms with Crippen molar-refractivity contribution < 1.29 is 9.21 Å².